The number of para-hydroxylation sites is 2. The van der Waals surface area contributed by atoms with Crippen LogP contribution in [0.2, 0.25) is 0 Å². The maximum absolute atomic E-state index is 14.1. The number of carbonyl (C=O) groups excluding carboxylic acids is 1. The second-order valence-electron chi connectivity index (χ2n) is 7.84. The van der Waals surface area contributed by atoms with Crippen LogP contribution < -0.4 is 4.90 Å². The van der Waals surface area contributed by atoms with Gasteiger partial charge in [0.2, 0.25) is 5.91 Å². The van der Waals surface area contributed by atoms with Crippen molar-refractivity contribution in [2.75, 3.05) is 24.5 Å². The molecule has 5 nitrogen and oxygen atoms in total. The molecule has 0 radical (unpaired) electrons. The summed E-state index contributed by atoms with van der Waals surface area (Å²) >= 11 is 0. The first-order chi connectivity index (χ1) is 13.6. The molecule has 2 aliphatic rings. The minimum Gasteiger partial charge on any atom is -0.423 e. The van der Waals surface area contributed by atoms with Crippen molar-refractivity contribution in [3.8, 4) is 0 Å². The number of amides is 1. The van der Waals surface area contributed by atoms with Crippen molar-refractivity contribution in [1.29, 1.82) is 0 Å². The number of piperidine rings is 1. The van der Waals surface area contributed by atoms with Crippen LogP contribution in [0.5, 0.6) is 0 Å². The Morgan fingerprint density at radius 3 is 2.75 bits per heavy atom. The van der Waals surface area contributed by atoms with Gasteiger partial charge in [-0.25, -0.2) is 4.39 Å². The summed E-state index contributed by atoms with van der Waals surface area (Å²) in [4.78, 5) is 21.8. The van der Waals surface area contributed by atoms with Crippen molar-refractivity contribution in [3.63, 3.8) is 0 Å². The van der Waals surface area contributed by atoms with Crippen LogP contribution in [0.1, 0.15) is 24.8 Å². The van der Waals surface area contributed by atoms with Gasteiger partial charge in [0.25, 0.3) is 6.01 Å². The maximum atomic E-state index is 14.1. The number of hydrogen-bond donors (Lipinski definition) is 0. The third-order valence-electron chi connectivity index (χ3n) is 6.05. The smallest absolute Gasteiger partial charge is 0.298 e. The minimum absolute atomic E-state index is 0.126. The molecule has 0 N–H and O–H groups in total. The number of fused-ring (bicyclic) bond motifs is 1. The lowest BCUT2D eigenvalue weighted by Crippen LogP contribution is -2.49. The number of likely N-dealkylation sites (tertiary alicyclic amines) is 1. The standard InChI is InChI=1S/C22H22FN3O2/c23-17-7-2-1-6-16(17)14-25-12-5-10-22(20(25)27)11-13-26(15-22)21-24-18-8-3-4-9-19(18)28-21/h1-4,6-9H,5,10-15H2/t22-/m1/s1. The highest BCUT2D eigenvalue weighted by Crippen LogP contribution is 2.42. The lowest BCUT2D eigenvalue weighted by molar-refractivity contribution is -0.145. The summed E-state index contributed by atoms with van der Waals surface area (Å²) < 4.78 is 20.0. The Morgan fingerprint density at radius 1 is 1.07 bits per heavy atom. The number of oxazole rings is 1. The molecule has 2 aliphatic heterocycles. The van der Waals surface area contributed by atoms with Crippen LogP contribution in [0.25, 0.3) is 11.1 Å². The van der Waals surface area contributed by atoms with E-state index < -0.39 is 5.41 Å². The monoisotopic (exact) mass is 379 g/mol. The molecule has 0 bridgehead atoms. The molecular formula is C22H22FN3O2. The number of benzene rings is 2. The molecule has 0 unspecified atom stereocenters. The molecule has 6 heteroatoms. The summed E-state index contributed by atoms with van der Waals surface area (Å²) in [5.74, 6) is -0.130. The highest BCUT2D eigenvalue weighted by atomic mass is 19.1. The van der Waals surface area contributed by atoms with Gasteiger partial charge >= 0.3 is 0 Å². The fourth-order valence-electron chi connectivity index (χ4n) is 4.54. The molecule has 2 fully saturated rings. The Morgan fingerprint density at radius 2 is 1.89 bits per heavy atom. The van der Waals surface area contributed by atoms with Gasteiger partial charge in [-0.3, -0.25) is 4.79 Å². The zero-order chi connectivity index (χ0) is 19.1. The van der Waals surface area contributed by atoms with E-state index in [1.54, 1.807) is 12.1 Å². The van der Waals surface area contributed by atoms with E-state index in [1.807, 2.05) is 35.2 Å². The van der Waals surface area contributed by atoms with E-state index in [4.69, 9.17) is 4.42 Å². The Labute approximate surface area is 162 Å². The van der Waals surface area contributed by atoms with Crippen molar-refractivity contribution < 1.29 is 13.6 Å². The fraction of sp³-hybridized carbons (Fsp3) is 0.364. The van der Waals surface area contributed by atoms with Crippen molar-refractivity contribution in [2.24, 2.45) is 5.41 Å². The second-order valence-corrected chi connectivity index (χ2v) is 7.84. The number of anilines is 1. The normalized spacial score (nSPS) is 22.5. The van der Waals surface area contributed by atoms with Crippen molar-refractivity contribution in [2.45, 2.75) is 25.8 Å². The molecule has 0 aliphatic carbocycles. The highest BCUT2D eigenvalue weighted by Gasteiger charge is 2.49. The first-order valence-electron chi connectivity index (χ1n) is 9.78. The zero-order valence-corrected chi connectivity index (χ0v) is 15.6. The van der Waals surface area contributed by atoms with Gasteiger partial charge < -0.3 is 14.2 Å². The molecular weight excluding hydrogens is 357 g/mol. The summed E-state index contributed by atoms with van der Waals surface area (Å²) in [6.45, 7) is 2.35. The average molecular weight is 379 g/mol. The molecule has 2 saturated heterocycles. The predicted octanol–water partition coefficient (Wildman–Crippen LogP) is 3.99. The molecule has 144 valence electrons. The highest BCUT2D eigenvalue weighted by molar-refractivity contribution is 5.85. The van der Waals surface area contributed by atoms with Crippen LogP contribution in [0.3, 0.4) is 0 Å². The van der Waals surface area contributed by atoms with Crippen LogP contribution in [-0.4, -0.2) is 35.4 Å². The number of rotatable bonds is 3. The summed E-state index contributed by atoms with van der Waals surface area (Å²) in [6, 6.07) is 15.0. The molecule has 1 spiro atoms. The van der Waals surface area contributed by atoms with E-state index in [-0.39, 0.29) is 11.7 Å². The summed E-state index contributed by atoms with van der Waals surface area (Å²) in [5, 5.41) is 0. The van der Waals surface area contributed by atoms with Gasteiger partial charge in [-0.1, -0.05) is 30.3 Å². The van der Waals surface area contributed by atoms with Crippen LogP contribution in [0.4, 0.5) is 10.4 Å². The quantitative estimate of drug-likeness (QED) is 0.691. The first-order valence-corrected chi connectivity index (χ1v) is 9.78. The molecule has 1 atom stereocenters. The van der Waals surface area contributed by atoms with E-state index in [0.29, 0.717) is 31.2 Å². The molecule has 5 rings (SSSR count). The van der Waals surface area contributed by atoms with Gasteiger partial charge in [0.15, 0.2) is 5.58 Å². The number of carbonyl (C=O) groups is 1. The molecule has 1 aromatic heterocycles. The van der Waals surface area contributed by atoms with E-state index in [1.165, 1.54) is 6.07 Å². The van der Waals surface area contributed by atoms with Crippen LogP contribution in [-0.2, 0) is 11.3 Å². The molecule has 2 aromatic carbocycles. The third kappa shape index (κ3) is 2.84. The summed E-state index contributed by atoms with van der Waals surface area (Å²) in [7, 11) is 0. The van der Waals surface area contributed by atoms with Gasteiger partial charge in [-0.15, -0.1) is 0 Å². The Bertz CT molecular complexity index is 1000. The lowest BCUT2D eigenvalue weighted by atomic mass is 9.78. The third-order valence-corrected chi connectivity index (χ3v) is 6.05. The van der Waals surface area contributed by atoms with E-state index >= 15 is 0 Å². The second kappa shape index (κ2) is 6.62. The van der Waals surface area contributed by atoms with Gasteiger partial charge in [-0.2, -0.15) is 4.98 Å². The molecule has 1 amide bonds. The Kier molecular flexibility index (Phi) is 4.07. The van der Waals surface area contributed by atoms with E-state index in [9.17, 15) is 9.18 Å². The predicted molar refractivity (Wildman–Crippen MR) is 104 cm³/mol. The van der Waals surface area contributed by atoms with Gasteiger partial charge in [0, 0.05) is 31.7 Å². The topological polar surface area (TPSA) is 49.6 Å². The van der Waals surface area contributed by atoms with E-state index in [2.05, 4.69) is 9.88 Å². The molecule has 28 heavy (non-hydrogen) atoms. The van der Waals surface area contributed by atoms with Gasteiger partial charge in [0.1, 0.15) is 11.3 Å². The van der Waals surface area contributed by atoms with Crippen LogP contribution in [0, 0.1) is 11.2 Å². The van der Waals surface area contributed by atoms with Crippen molar-refractivity contribution in [3.05, 3.63) is 59.9 Å². The largest absolute Gasteiger partial charge is 0.423 e. The van der Waals surface area contributed by atoms with Crippen molar-refractivity contribution in [1.82, 2.24) is 9.88 Å². The Balaban J connectivity index is 1.36. The SMILES string of the molecule is O=C1N(Cc2ccccc2F)CCC[C@]12CCN(c1nc3ccccc3o1)C2. The maximum Gasteiger partial charge on any atom is 0.298 e. The zero-order valence-electron chi connectivity index (χ0n) is 15.6. The fourth-order valence-corrected chi connectivity index (χ4v) is 4.54. The lowest BCUT2D eigenvalue weighted by Gasteiger charge is -2.39. The van der Waals surface area contributed by atoms with Crippen LogP contribution >= 0.6 is 0 Å². The average Bonchev–Trinajstić information content (AvgIpc) is 3.32. The summed E-state index contributed by atoms with van der Waals surface area (Å²) in [6.07, 6.45) is 2.57. The number of aromatic nitrogens is 1. The molecule has 0 saturated carbocycles. The first kappa shape index (κ1) is 17.2. The molecule has 3 aromatic rings. The number of halogens is 1. The minimum atomic E-state index is -0.426. The van der Waals surface area contributed by atoms with Gasteiger partial charge in [-0.05, 0) is 37.5 Å². The van der Waals surface area contributed by atoms with Crippen LogP contribution in [0.15, 0.2) is 52.9 Å². The molecule has 3 heterocycles. The Hall–Kier alpha value is -2.89. The summed E-state index contributed by atoms with van der Waals surface area (Å²) in [5.41, 5.74) is 1.73. The number of hydrogen-bond acceptors (Lipinski definition) is 4. The van der Waals surface area contributed by atoms with Gasteiger partial charge in [0.05, 0.1) is 5.41 Å². The number of nitrogens with zero attached hydrogens (tertiary/aromatic N) is 3. The van der Waals surface area contributed by atoms with E-state index in [0.717, 1.165) is 36.9 Å². The van der Waals surface area contributed by atoms with Crippen molar-refractivity contribution >= 4 is 23.0 Å².